The summed E-state index contributed by atoms with van der Waals surface area (Å²) in [6.45, 7) is 1.71. The molecule has 7 heteroatoms. The molecule has 0 spiro atoms. The average Bonchev–Trinajstić information content (AvgIpc) is 2.35. The molecule has 0 amide bonds. The van der Waals surface area contributed by atoms with E-state index >= 15 is 0 Å². The van der Waals surface area contributed by atoms with E-state index in [1.807, 2.05) is 0 Å². The Kier molecular flexibility index (Phi) is 5.87. The Labute approximate surface area is 117 Å². The molecular weight excluding hydrogens is 284 g/mol. The minimum Gasteiger partial charge on any atom is -0.424 e. The molecule has 2 N–H and O–H groups in total. The van der Waals surface area contributed by atoms with E-state index < -0.39 is 14.3 Å². The minimum absolute atomic E-state index is 0.0111. The number of halogens is 1. The first-order valence-electron chi connectivity index (χ1n) is 6.12. The van der Waals surface area contributed by atoms with Crippen LogP contribution in [-0.4, -0.2) is 30.4 Å². The van der Waals surface area contributed by atoms with Crippen molar-refractivity contribution in [2.45, 2.75) is 26.1 Å². The molecule has 0 heterocycles. The van der Waals surface area contributed by atoms with Gasteiger partial charge in [0.25, 0.3) is 0 Å². The van der Waals surface area contributed by atoms with Gasteiger partial charge in [-0.05, 0) is 38.1 Å². The second-order valence-electron chi connectivity index (χ2n) is 4.63. The van der Waals surface area contributed by atoms with Crippen LogP contribution < -0.4 is 9.84 Å². The molecule has 0 aliphatic heterocycles. The van der Waals surface area contributed by atoms with Crippen LogP contribution >= 0.6 is 7.60 Å². The Hall–Kier alpha value is -1.23. The second kappa shape index (κ2) is 6.97. The molecule has 5 nitrogen and oxygen atoms in total. The van der Waals surface area contributed by atoms with E-state index in [1.165, 1.54) is 19.1 Å². The molecule has 0 aromatic heterocycles. The number of hydrogen-bond acceptors (Lipinski definition) is 4. The lowest BCUT2D eigenvalue weighted by Crippen LogP contribution is -2.34. The van der Waals surface area contributed by atoms with Crippen molar-refractivity contribution in [2.75, 3.05) is 13.7 Å². The van der Waals surface area contributed by atoms with Crippen LogP contribution in [0.5, 0.6) is 5.75 Å². The topological polar surface area (TPSA) is 75.6 Å². The van der Waals surface area contributed by atoms with Crippen molar-refractivity contribution in [1.29, 1.82) is 0 Å². The highest BCUT2D eigenvalue weighted by Crippen LogP contribution is 2.40. The van der Waals surface area contributed by atoms with E-state index in [9.17, 15) is 18.6 Å². The average molecular weight is 303 g/mol. The third kappa shape index (κ3) is 5.04. The van der Waals surface area contributed by atoms with Crippen molar-refractivity contribution < 1.29 is 23.2 Å². The summed E-state index contributed by atoms with van der Waals surface area (Å²) in [7, 11) is -2.05. The van der Waals surface area contributed by atoms with Crippen molar-refractivity contribution >= 4 is 13.4 Å². The Morgan fingerprint density at radius 3 is 2.65 bits per heavy atom. The van der Waals surface area contributed by atoms with Gasteiger partial charge in [0.05, 0.1) is 6.04 Å². The highest BCUT2D eigenvalue weighted by atomic mass is 31.2. The third-order valence-electron chi connectivity index (χ3n) is 2.82. The summed E-state index contributed by atoms with van der Waals surface area (Å²) >= 11 is 0. The number of likely N-dealkylation sites (N-methyl/N-ethyl adjacent to an activating group) is 1. The molecule has 20 heavy (non-hydrogen) atoms. The molecule has 0 fully saturated rings. The molecule has 1 rings (SSSR count). The molecular formula is C13H19FNO4P. The monoisotopic (exact) mass is 303 g/mol. The van der Waals surface area contributed by atoms with Gasteiger partial charge in [0, 0.05) is 12.2 Å². The highest BCUT2D eigenvalue weighted by Gasteiger charge is 2.17. The lowest BCUT2D eigenvalue weighted by molar-refractivity contribution is -0.118. The number of carbonyl (C=O) groups is 1. The third-order valence-corrected chi connectivity index (χ3v) is 3.35. The standard InChI is InChI=1S/C13H19FNO4P/c1-9(16)12(15-2)7-10-4-5-13(11(6-10)8-14)19-20(3,17)18/h4-6,12,15H,7-8H2,1-3H3,(H,17,18). The highest BCUT2D eigenvalue weighted by molar-refractivity contribution is 7.52. The fourth-order valence-electron chi connectivity index (χ4n) is 1.82. The molecule has 1 aromatic carbocycles. The molecule has 1 aromatic rings. The molecule has 112 valence electrons. The molecule has 2 atom stereocenters. The Balaban J connectivity index is 2.97. The molecule has 0 radical (unpaired) electrons. The number of ketones is 1. The summed E-state index contributed by atoms with van der Waals surface area (Å²) in [5, 5.41) is 2.88. The largest absolute Gasteiger partial charge is 0.424 e. The predicted octanol–water partition coefficient (Wildman–Crippen LogP) is 2.07. The van der Waals surface area contributed by atoms with Crippen LogP contribution in [0, 0.1) is 0 Å². The Morgan fingerprint density at radius 1 is 1.55 bits per heavy atom. The van der Waals surface area contributed by atoms with Crippen LogP contribution in [0.4, 0.5) is 4.39 Å². The number of benzene rings is 1. The van der Waals surface area contributed by atoms with E-state index in [1.54, 1.807) is 13.1 Å². The van der Waals surface area contributed by atoms with Crippen LogP contribution in [0.2, 0.25) is 0 Å². The maximum atomic E-state index is 13.0. The van der Waals surface area contributed by atoms with E-state index in [0.29, 0.717) is 6.42 Å². The molecule has 2 unspecified atom stereocenters. The van der Waals surface area contributed by atoms with Gasteiger partial charge >= 0.3 is 7.60 Å². The smallest absolute Gasteiger partial charge is 0.373 e. The van der Waals surface area contributed by atoms with Crippen LogP contribution in [0.3, 0.4) is 0 Å². The molecule has 0 aliphatic rings. The minimum atomic E-state index is -3.72. The number of hydrogen-bond donors (Lipinski definition) is 2. The van der Waals surface area contributed by atoms with Crippen molar-refractivity contribution in [3.8, 4) is 5.75 Å². The van der Waals surface area contributed by atoms with Crippen molar-refractivity contribution in [3.63, 3.8) is 0 Å². The van der Waals surface area contributed by atoms with Gasteiger partial charge in [0.2, 0.25) is 0 Å². The zero-order valence-corrected chi connectivity index (χ0v) is 12.6. The summed E-state index contributed by atoms with van der Waals surface area (Å²) < 4.78 is 29.0. The lowest BCUT2D eigenvalue weighted by Gasteiger charge is -2.15. The Bertz CT molecular complexity index is 529. The van der Waals surface area contributed by atoms with Crippen molar-refractivity contribution in [2.24, 2.45) is 0 Å². The molecule has 0 aliphatic carbocycles. The van der Waals surface area contributed by atoms with Crippen LogP contribution in [0.1, 0.15) is 18.1 Å². The number of nitrogens with one attached hydrogen (secondary N) is 1. The van der Waals surface area contributed by atoms with Gasteiger partial charge in [-0.3, -0.25) is 4.79 Å². The van der Waals surface area contributed by atoms with Gasteiger partial charge in [-0.1, -0.05) is 6.07 Å². The molecule has 0 bridgehead atoms. The quantitative estimate of drug-likeness (QED) is 0.754. The zero-order valence-electron chi connectivity index (χ0n) is 11.7. The van der Waals surface area contributed by atoms with Crippen LogP contribution in [0.15, 0.2) is 18.2 Å². The number of Topliss-reactive ketones (excluding diaryl/α,β-unsaturated/α-hetero) is 1. The van der Waals surface area contributed by atoms with Gasteiger partial charge < -0.3 is 14.7 Å². The maximum absolute atomic E-state index is 13.0. The van der Waals surface area contributed by atoms with E-state index in [-0.39, 0.29) is 23.1 Å². The van der Waals surface area contributed by atoms with Crippen LogP contribution in [-0.2, 0) is 22.5 Å². The first kappa shape index (κ1) is 16.8. The summed E-state index contributed by atoms with van der Waals surface area (Å²) in [6.07, 6.45) is 0.419. The summed E-state index contributed by atoms with van der Waals surface area (Å²) in [5.41, 5.74) is 0.945. The Morgan fingerprint density at radius 2 is 2.20 bits per heavy atom. The molecule has 0 saturated carbocycles. The number of carbonyl (C=O) groups excluding carboxylic acids is 1. The first-order valence-corrected chi connectivity index (χ1v) is 8.14. The number of rotatable bonds is 7. The van der Waals surface area contributed by atoms with Gasteiger partial charge in [-0.15, -0.1) is 0 Å². The fraction of sp³-hybridized carbons (Fsp3) is 0.462. The summed E-state index contributed by atoms with van der Waals surface area (Å²) in [5.74, 6) is 0.0384. The van der Waals surface area contributed by atoms with Crippen molar-refractivity contribution in [3.05, 3.63) is 29.3 Å². The number of alkyl halides is 1. The van der Waals surface area contributed by atoms with Gasteiger partial charge in [-0.25, -0.2) is 8.96 Å². The zero-order chi connectivity index (χ0) is 15.3. The van der Waals surface area contributed by atoms with E-state index in [4.69, 9.17) is 4.52 Å². The van der Waals surface area contributed by atoms with Crippen LogP contribution in [0.25, 0.3) is 0 Å². The first-order chi connectivity index (χ1) is 9.26. The van der Waals surface area contributed by atoms with Gasteiger partial charge in [-0.2, -0.15) is 0 Å². The maximum Gasteiger partial charge on any atom is 0.373 e. The SMILES string of the molecule is CNC(Cc1ccc(OP(C)(=O)O)c(CF)c1)C(C)=O. The van der Waals surface area contributed by atoms with Crippen molar-refractivity contribution in [1.82, 2.24) is 5.32 Å². The normalized spacial score (nSPS) is 15.4. The molecule has 0 saturated heterocycles. The predicted molar refractivity (Wildman–Crippen MR) is 74.9 cm³/mol. The second-order valence-corrected chi connectivity index (χ2v) is 6.41. The van der Waals surface area contributed by atoms with Gasteiger partial charge in [0.15, 0.2) is 0 Å². The van der Waals surface area contributed by atoms with Gasteiger partial charge in [0.1, 0.15) is 18.2 Å². The fourth-order valence-corrected chi connectivity index (χ4v) is 2.36. The lowest BCUT2D eigenvalue weighted by atomic mass is 10.0. The summed E-state index contributed by atoms with van der Waals surface area (Å²) in [6, 6.07) is 4.29. The van der Waals surface area contributed by atoms with E-state index in [2.05, 4.69) is 5.32 Å². The van der Waals surface area contributed by atoms with E-state index in [0.717, 1.165) is 12.2 Å². The summed E-state index contributed by atoms with van der Waals surface area (Å²) in [4.78, 5) is 20.5.